The van der Waals surface area contributed by atoms with Gasteiger partial charge < -0.3 is 15.0 Å². The molecule has 6 heteroatoms. The van der Waals surface area contributed by atoms with Crippen LogP contribution in [0.3, 0.4) is 0 Å². The largest absolute Gasteiger partial charge is 0.377 e. The lowest BCUT2D eigenvalue weighted by molar-refractivity contribution is -0.141. The van der Waals surface area contributed by atoms with E-state index in [0.29, 0.717) is 32.6 Å². The molecule has 0 saturated carbocycles. The zero-order chi connectivity index (χ0) is 17.5. The monoisotopic (exact) mass is 362 g/mol. The second kappa shape index (κ2) is 9.15. The maximum absolute atomic E-state index is 12.6. The predicted octanol–water partition coefficient (Wildman–Crippen LogP) is 2.52. The second-order valence-electron chi connectivity index (χ2n) is 6.66. The Labute approximate surface area is 153 Å². The Kier molecular flexibility index (Phi) is 6.64. The van der Waals surface area contributed by atoms with Crippen LogP contribution >= 0.6 is 11.3 Å². The lowest BCUT2D eigenvalue weighted by Gasteiger charge is -2.35. The molecule has 1 fully saturated rings. The van der Waals surface area contributed by atoms with Crippen LogP contribution in [-0.2, 0) is 20.7 Å². The Bertz CT molecular complexity index is 592. The van der Waals surface area contributed by atoms with Crippen molar-refractivity contribution in [3.05, 3.63) is 34.5 Å². The molecule has 1 N–H and O–H groups in total. The quantitative estimate of drug-likeness (QED) is 0.758. The SMILES string of the molecule is O=C(C[C@H]1COCCN1C(=O)CCCc1cccs1)NC1CC=CC1. The van der Waals surface area contributed by atoms with Gasteiger partial charge in [0.15, 0.2) is 0 Å². The predicted molar refractivity (Wildman–Crippen MR) is 98.5 cm³/mol. The summed E-state index contributed by atoms with van der Waals surface area (Å²) in [5, 5.41) is 5.12. The van der Waals surface area contributed by atoms with Gasteiger partial charge in [-0.15, -0.1) is 11.3 Å². The van der Waals surface area contributed by atoms with Crippen LogP contribution < -0.4 is 5.32 Å². The number of ether oxygens (including phenoxy) is 1. The van der Waals surface area contributed by atoms with Crippen molar-refractivity contribution in [3.63, 3.8) is 0 Å². The van der Waals surface area contributed by atoms with Crippen LogP contribution in [0.25, 0.3) is 0 Å². The number of aryl methyl sites for hydroxylation is 1. The van der Waals surface area contributed by atoms with Crippen molar-refractivity contribution >= 4 is 23.2 Å². The van der Waals surface area contributed by atoms with E-state index in [9.17, 15) is 9.59 Å². The van der Waals surface area contributed by atoms with E-state index in [-0.39, 0.29) is 23.9 Å². The highest BCUT2D eigenvalue weighted by Gasteiger charge is 2.29. The Morgan fingerprint density at radius 3 is 2.92 bits per heavy atom. The fourth-order valence-electron chi connectivity index (χ4n) is 3.40. The first-order valence-corrected chi connectivity index (χ1v) is 9.94. The number of carbonyl (C=O) groups is 2. The zero-order valence-corrected chi connectivity index (χ0v) is 15.3. The van der Waals surface area contributed by atoms with Crippen molar-refractivity contribution in [1.29, 1.82) is 0 Å². The maximum Gasteiger partial charge on any atom is 0.223 e. The first-order chi connectivity index (χ1) is 12.2. The van der Waals surface area contributed by atoms with Crippen LogP contribution in [0.1, 0.15) is 37.0 Å². The normalized spacial score (nSPS) is 20.8. The van der Waals surface area contributed by atoms with Crippen molar-refractivity contribution < 1.29 is 14.3 Å². The van der Waals surface area contributed by atoms with Crippen molar-refractivity contribution in [3.8, 4) is 0 Å². The molecule has 2 heterocycles. The number of nitrogens with zero attached hydrogens (tertiary/aromatic N) is 1. The highest BCUT2D eigenvalue weighted by Crippen LogP contribution is 2.17. The molecule has 0 spiro atoms. The summed E-state index contributed by atoms with van der Waals surface area (Å²) in [5.74, 6) is 0.153. The van der Waals surface area contributed by atoms with Crippen molar-refractivity contribution in [1.82, 2.24) is 10.2 Å². The van der Waals surface area contributed by atoms with Crippen molar-refractivity contribution in [2.45, 2.75) is 50.6 Å². The minimum atomic E-state index is -0.141. The van der Waals surface area contributed by atoms with Crippen LogP contribution in [0, 0.1) is 0 Å². The number of hydrogen-bond acceptors (Lipinski definition) is 4. The first kappa shape index (κ1) is 18.1. The molecule has 2 aliphatic rings. The molecule has 25 heavy (non-hydrogen) atoms. The fraction of sp³-hybridized carbons (Fsp3) is 0.579. The minimum absolute atomic E-state index is 0.0144. The van der Waals surface area contributed by atoms with Gasteiger partial charge in [-0.25, -0.2) is 0 Å². The third-order valence-corrected chi connectivity index (χ3v) is 5.67. The summed E-state index contributed by atoms with van der Waals surface area (Å²) in [6.07, 6.45) is 8.64. The van der Waals surface area contributed by atoms with Crippen LogP contribution in [0.2, 0.25) is 0 Å². The third kappa shape index (κ3) is 5.41. The molecule has 1 aliphatic heterocycles. The van der Waals surface area contributed by atoms with Gasteiger partial charge in [0.05, 0.1) is 19.3 Å². The van der Waals surface area contributed by atoms with Crippen LogP contribution in [0.4, 0.5) is 0 Å². The Hall–Kier alpha value is -1.66. The smallest absolute Gasteiger partial charge is 0.223 e. The Morgan fingerprint density at radius 1 is 1.32 bits per heavy atom. The number of amides is 2. The number of nitrogens with one attached hydrogen (secondary N) is 1. The molecule has 0 radical (unpaired) electrons. The molecular formula is C19H26N2O3S. The molecule has 2 amide bonds. The number of morpholine rings is 1. The van der Waals surface area contributed by atoms with Gasteiger partial charge in [-0.2, -0.15) is 0 Å². The minimum Gasteiger partial charge on any atom is -0.377 e. The molecule has 0 aromatic carbocycles. The first-order valence-electron chi connectivity index (χ1n) is 9.06. The Morgan fingerprint density at radius 2 is 2.16 bits per heavy atom. The van der Waals surface area contributed by atoms with E-state index in [0.717, 1.165) is 25.7 Å². The van der Waals surface area contributed by atoms with Gasteiger partial charge in [-0.05, 0) is 37.1 Å². The summed E-state index contributed by atoms with van der Waals surface area (Å²) in [6.45, 7) is 1.59. The van der Waals surface area contributed by atoms with Crippen molar-refractivity contribution in [2.75, 3.05) is 19.8 Å². The number of rotatable bonds is 7. The van der Waals surface area contributed by atoms with E-state index < -0.39 is 0 Å². The van der Waals surface area contributed by atoms with E-state index >= 15 is 0 Å². The molecule has 0 unspecified atom stereocenters. The average molecular weight is 362 g/mol. The second-order valence-corrected chi connectivity index (χ2v) is 7.69. The zero-order valence-electron chi connectivity index (χ0n) is 14.5. The topological polar surface area (TPSA) is 58.6 Å². The van der Waals surface area contributed by atoms with Gasteiger partial charge in [-0.1, -0.05) is 18.2 Å². The molecular weight excluding hydrogens is 336 g/mol. The van der Waals surface area contributed by atoms with E-state index in [1.54, 1.807) is 11.3 Å². The summed E-state index contributed by atoms with van der Waals surface area (Å²) in [5.41, 5.74) is 0. The van der Waals surface area contributed by atoms with Gasteiger partial charge in [0.2, 0.25) is 11.8 Å². The maximum atomic E-state index is 12.6. The lowest BCUT2D eigenvalue weighted by Crippen LogP contribution is -2.51. The molecule has 1 saturated heterocycles. The summed E-state index contributed by atoms with van der Waals surface area (Å²) in [6, 6.07) is 4.22. The van der Waals surface area contributed by atoms with Gasteiger partial charge in [0.1, 0.15) is 0 Å². The molecule has 1 atom stereocenters. The number of carbonyl (C=O) groups excluding carboxylic acids is 2. The molecule has 1 aromatic heterocycles. The standard InChI is InChI=1S/C19H26N2O3S/c22-18(20-15-5-1-2-6-15)13-16-14-24-11-10-21(16)19(23)9-3-7-17-8-4-12-25-17/h1-2,4,8,12,15-16H,3,5-7,9-11,13-14H2,(H,20,22)/t16-/m0/s1. The van der Waals surface area contributed by atoms with Gasteiger partial charge in [0, 0.05) is 30.3 Å². The molecule has 0 bridgehead atoms. The van der Waals surface area contributed by atoms with Gasteiger partial charge in [0.25, 0.3) is 0 Å². The molecule has 1 aliphatic carbocycles. The summed E-state index contributed by atoms with van der Waals surface area (Å²) in [4.78, 5) is 28.0. The van der Waals surface area contributed by atoms with E-state index in [2.05, 4.69) is 28.9 Å². The van der Waals surface area contributed by atoms with E-state index in [4.69, 9.17) is 4.74 Å². The fourth-order valence-corrected chi connectivity index (χ4v) is 4.15. The molecule has 3 rings (SSSR count). The van der Waals surface area contributed by atoms with E-state index in [1.165, 1.54) is 4.88 Å². The van der Waals surface area contributed by atoms with Crippen LogP contribution in [-0.4, -0.2) is 48.6 Å². The third-order valence-electron chi connectivity index (χ3n) is 4.74. The summed E-state index contributed by atoms with van der Waals surface area (Å²) < 4.78 is 5.51. The highest BCUT2D eigenvalue weighted by atomic mass is 32.1. The van der Waals surface area contributed by atoms with Crippen LogP contribution in [0.5, 0.6) is 0 Å². The molecule has 136 valence electrons. The molecule has 5 nitrogen and oxygen atoms in total. The number of hydrogen-bond donors (Lipinski definition) is 1. The average Bonchev–Trinajstić information content (AvgIpc) is 3.29. The van der Waals surface area contributed by atoms with E-state index in [1.807, 2.05) is 11.0 Å². The summed E-state index contributed by atoms with van der Waals surface area (Å²) >= 11 is 1.73. The highest BCUT2D eigenvalue weighted by molar-refractivity contribution is 7.09. The lowest BCUT2D eigenvalue weighted by atomic mass is 10.1. The number of thiophene rings is 1. The van der Waals surface area contributed by atoms with Crippen LogP contribution in [0.15, 0.2) is 29.7 Å². The van der Waals surface area contributed by atoms with Gasteiger partial charge in [-0.3, -0.25) is 9.59 Å². The Balaban J connectivity index is 1.45. The van der Waals surface area contributed by atoms with Gasteiger partial charge >= 0.3 is 0 Å². The molecule has 1 aromatic rings. The van der Waals surface area contributed by atoms with Crippen molar-refractivity contribution in [2.24, 2.45) is 0 Å². The summed E-state index contributed by atoms with van der Waals surface area (Å²) in [7, 11) is 0.